The van der Waals surface area contributed by atoms with Gasteiger partial charge in [0, 0.05) is 35.6 Å². The largest absolute Gasteiger partial charge is 0.352 e. The molecule has 4 N–H and O–H groups in total. The number of hydrogen-bond donors (Lipinski definition) is 4. The lowest BCUT2D eigenvalue weighted by Gasteiger charge is -2.30. The third-order valence-corrected chi connectivity index (χ3v) is 7.81. The summed E-state index contributed by atoms with van der Waals surface area (Å²) in [5.41, 5.74) is 1.07. The van der Waals surface area contributed by atoms with Crippen LogP contribution in [-0.4, -0.2) is 34.8 Å². The van der Waals surface area contributed by atoms with E-state index in [1.165, 1.54) is 12.8 Å². The molecule has 5 rings (SSSR count). The fourth-order valence-electron chi connectivity index (χ4n) is 5.04. The number of piperidine rings is 1. The maximum atomic E-state index is 13.2. The highest BCUT2D eigenvalue weighted by atomic mass is 32.2. The molecule has 7 heteroatoms. The molecule has 3 aliphatic rings. The van der Waals surface area contributed by atoms with Crippen LogP contribution < -0.4 is 20.9 Å². The van der Waals surface area contributed by atoms with Crippen molar-refractivity contribution in [1.29, 1.82) is 0 Å². The van der Waals surface area contributed by atoms with Crippen molar-refractivity contribution < 1.29 is 4.79 Å². The number of aromatic amines is 1. The Bertz CT molecular complexity index is 973. The van der Waals surface area contributed by atoms with E-state index in [0.29, 0.717) is 17.3 Å². The smallest absolute Gasteiger partial charge is 0.255 e. The number of aromatic nitrogens is 1. The van der Waals surface area contributed by atoms with Gasteiger partial charge in [-0.2, -0.15) is 0 Å². The number of fused-ring (bicyclic) bond motifs is 1. The summed E-state index contributed by atoms with van der Waals surface area (Å²) < 4.78 is 3.56. The molecule has 2 saturated heterocycles. The molecular weight excluding hydrogens is 384 g/mol. The summed E-state index contributed by atoms with van der Waals surface area (Å²) in [6.45, 7) is 3.14. The standard InChI is InChI=1S/C22H28N4O2S/c1-12-11-14(7-9-23-12)25-22(28)20-18(13-5-6-13)19(26-29-20)16-3-2-4-17-15(16)8-10-24-21(17)27/h2-4,8,10,12-14,18-20,23,26H,5-7,9,11H2,1H3,(H,24,27)(H,25,28). The molecule has 1 aromatic carbocycles. The van der Waals surface area contributed by atoms with Gasteiger partial charge in [0.25, 0.3) is 5.56 Å². The van der Waals surface area contributed by atoms with Gasteiger partial charge in [-0.05, 0) is 68.2 Å². The first-order chi connectivity index (χ1) is 14.1. The van der Waals surface area contributed by atoms with Crippen LogP contribution in [-0.2, 0) is 4.79 Å². The molecule has 5 atom stereocenters. The van der Waals surface area contributed by atoms with Crippen LogP contribution in [0.15, 0.2) is 35.3 Å². The van der Waals surface area contributed by atoms with Crippen molar-refractivity contribution in [2.24, 2.45) is 11.8 Å². The highest BCUT2D eigenvalue weighted by Crippen LogP contribution is 2.52. The molecule has 1 aliphatic carbocycles. The summed E-state index contributed by atoms with van der Waals surface area (Å²) in [7, 11) is 0. The van der Waals surface area contributed by atoms with Gasteiger partial charge in [-0.15, -0.1) is 0 Å². The van der Waals surface area contributed by atoms with E-state index in [-0.39, 0.29) is 34.7 Å². The molecule has 154 valence electrons. The number of H-pyrrole nitrogens is 1. The van der Waals surface area contributed by atoms with Gasteiger partial charge in [0.05, 0.1) is 0 Å². The van der Waals surface area contributed by atoms with Crippen molar-refractivity contribution in [3.8, 4) is 0 Å². The summed E-state index contributed by atoms with van der Waals surface area (Å²) in [4.78, 5) is 28.2. The molecule has 5 unspecified atom stereocenters. The van der Waals surface area contributed by atoms with Crippen molar-refractivity contribution >= 4 is 28.6 Å². The molecule has 2 aromatic rings. The van der Waals surface area contributed by atoms with E-state index in [0.717, 1.165) is 30.3 Å². The Morgan fingerprint density at radius 1 is 1.17 bits per heavy atom. The zero-order valence-corrected chi connectivity index (χ0v) is 17.4. The molecule has 6 nitrogen and oxygen atoms in total. The summed E-state index contributed by atoms with van der Waals surface area (Å²) in [6.07, 6.45) is 6.06. The zero-order valence-electron chi connectivity index (χ0n) is 16.6. The quantitative estimate of drug-likeness (QED) is 0.580. The number of hydrogen-bond acceptors (Lipinski definition) is 5. The van der Waals surface area contributed by atoms with E-state index >= 15 is 0 Å². The SMILES string of the molecule is CC1CC(NC(=O)C2SNC(c3cccc4c(=O)[nH]ccc34)C2C2CC2)CCN1. The Labute approximate surface area is 174 Å². The first-order valence-corrected chi connectivity index (χ1v) is 11.5. The van der Waals surface area contributed by atoms with Gasteiger partial charge in [0.1, 0.15) is 5.25 Å². The predicted octanol–water partition coefficient (Wildman–Crippen LogP) is 2.47. The molecule has 1 amide bonds. The van der Waals surface area contributed by atoms with Gasteiger partial charge in [-0.25, -0.2) is 0 Å². The van der Waals surface area contributed by atoms with E-state index in [1.54, 1.807) is 18.1 Å². The lowest BCUT2D eigenvalue weighted by molar-refractivity contribution is -0.122. The Morgan fingerprint density at radius 2 is 2.03 bits per heavy atom. The second-order valence-electron chi connectivity index (χ2n) is 8.75. The van der Waals surface area contributed by atoms with Crippen molar-refractivity contribution in [2.75, 3.05) is 6.54 Å². The number of benzene rings is 1. The van der Waals surface area contributed by atoms with E-state index in [9.17, 15) is 9.59 Å². The average Bonchev–Trinajstić information content (AvgIpc) is 3.46. The second-order valence-corrected chi connectivity index (χ2v) is 9.73. The average molecular weight is 413 g/mol. The van der Waals surface area contributed by atoms with E-state index in [2.05, 4.69) is 33.3 Å². The number of rotatable bonds is 4. The minimum atomic E-state index is -0.0880. The fraction of sp³-hybridized carbons (Fsp3) is 0.545. The molecule has 3 heterocycles. The van der Waals surface area contributed by atoms with E-state index in [4.69, 9.17) is 0 Å². The van der Waals surface area contributed by atoms with Gasteiger partial charge in [0.15, 0.2) is 0 Å². The van der Waals surface area contributed by atoms with Crippen LogP contribution in [0.3, 0.4) is 0 Å². The predicted molar refractivity (Wildman–Crippen MR) is 117 cm³/mol. The summed E-state index contributed by atoms with van der Waals surface area (Å²) in [6, 6.07) is 8.69. The Morgan fingerprint density at radius 3 is 2.83 bits per heavy atom. The second kappa shape index (κ2) is 7.78. The zero-order chi connectivity index (χ0) is 20.0. The van der Waals surface area contributed by atoms with Crippen LogP contribution in [0, 0.1) is 11.8 Å². The minimum absolute atomic E-state index is 0.0627. The molecule has 0 radical (unpaired) electrons. The first-order valence-electron chi connectivity index (χ1n) is 10.7. The highest BCUT2D eigenvalue weighted by Gasteiger charge is 2.49. The molecule has 2 aliphatic heterocycles. The third-order valence-electron chi connectivity index (χ3n) is 6.64. The monoisotopic (exact) mass is 412 g/mol. The molecule has 0 bridgehead atoms. The number of amides is 1. The van der Waals surface area contributed by atoms with E-state index < -0.39 is 0 Å². The maximum Gasteiger partial charge on any atom is 0.255 e. The molecule has 1 saturated carbocycles. The summed E-state index contributed by atoms with van der Waals surface area (Å²) in [5, 5.41) is 8.38. The van der Waals surface area contributed by atoms with Gasteiger partial charge in [-0.3, -0.25) is 14.3 Å². The molecule has 0 spiro atoms. The van der Waals surface area contributed by atoms with Crippen molar-refractivity contribution in [1.82, 2.24) is 20.3 Å². The topological polar surface area (TPSA) is 86.0 Å². The summed E-state index contributed by atoms with van der Waals surface area (Å²) in [5.74, 6) is 0.991. The molecular formula is C22H28N4O2S. The molecule has 29 heavy (non-hydrogen) atoms. The van der Waals surface area contributed by atoms with Gasteiger partial charge >= 0.3 is 0 Å². The van der Waals surface area contributed by atoms with Crippen LogP contribution in [0.4, 0.5) is 0 Å². The maximum absolute atomic E-state index is 13.2. The minimum Gasteiger partial charge on any atom is -0.352 e. The number of nitrogens with one attached hydrogen (secondary N) is 4. The van der Waals surface area contributed by atoms with Gasteiger partial charge < -0.3 is 15.6 Å². The molecule has 3 fully saturated rings. The van der Waals surface area contributed by atoms with Crippen LogP contribution in [0.5, 0.6) is 0 Å². The van der Waals surface area contributed by atoms with Crippen molar-refractivity contribution in [3.05, 3.63) is 46.4 Å². The van der Waals surface area contributed by atoms with Crippen LogP contribution >= 0.6 is 11.9 Å². The lowest BCUT2D eigenvalue weighted by atomic mass is 9.84. The Kier molecular flexibility index (Phi) is 5.14. The van der Waals surface area contributed by atoms with Crippen LogP contribution in [0.25, 0.3) is 10.8 Å². The first kappa shape index (κ1) is 19.2. The molecule has 1 aromatic heterocycles. The highest BCUT2D eigenvalue weighted by molar-refractivity contribution is 7.99. The number of carbonyl (C=O) groups is 1. The third kappa shape index (κ3) is 3.71. The lowest BCUT2D eigenvalue weighted by Crippen LogP contribution is -2.49. The van der Waals surface area contributed by atoms with Crippen molar-refractivity contribution in [2.45, 2.75) is 56.0 Å². The summed E-state index contributed by atoms with van der Waals surface area (Å²) >= 11 is 1.57. The fourth-order valence-corrected chi connectivity index (χ4v) is 6.33. The van der Waals surface area contributed by atoms with Gasteiger partial charge in [0.2, 0.25) is 5.91 Å². The Balaban J connectivity index is 1.41. The van der Waals surface area contributed by atoms with Crippen LogP contribution in [0.1, 0.15) is 44.2 Å². The van der Waals surface area contributed by atoms with Crippen molar-refractivity contribution in [3.63, 3.8) is 0 Å². The number of pyridine rings is 1. The Hall–Kier alpha value is -1.83. The van der Waals surface area contributed by atoms with E-state index in [1.807, 2.05) is 18.2 Å². The normalized spacial score (nSPS) is 32.4. The van der Waals surface area contributed by atoms with Crippen LogP contribution in [0.2, 0.25) is 0 Å². The van der Waals surface area contributed by atoms with Gasteiger partial charge in [-0.1, -0.05) is 24.1 Å². The number of carbonyl (C=O) groups excluding carboxylic acids is 1.